The van der Waals surface area contributed by atoms with Crippen molar-refractivity contribution in [3.63, 3.8) is 0 Å². The molecule has 6 heteroatoms. The second-order valence-corrected chi connectivity index (χ2v) is 11.4. The van der Waals surface area contributed by atoms with Gasteiger partial charge in [0.15, 0.2) is 2.74 Å². The molecule has 2 saturated heterocycles. The molecule has 0 aromatic carbocycles. The van der Waals surface area contributed by atoms with Gasteiger partial charge < -0.3 is 4.74 Å². The third kappa shape index (κ3) is 3.58. The minimum absolute atomic E-state index is 0.264. The SMILES string of the molecule is C=C(C)C(=O)OCC1CSC2(SCC(CC)S2)S1. The largest absolute Gasteiger partial charge is 0.461 e. The molecule has 0 aromatic heterocycles. The highest BCUT2D eigenvalue weighted by Gasteiger charge is 2.47. The van der Waals surface area contributed by atoms with Crippen LogP contribution in [0.1, 0.15) is 20.3 Å². The molecule has 0 N–H and O–H groups in total. The fourth-order valence-corrected chi connectivity index (χ4v) is 10.1. The van der Waals surface area contributed by atoms with Crippen molar-refractivity contribution in [2.24, 2.45) is 0 Å². The van der Waals surface area contributed by atoms with E-state index in [2.05, 4.69) is 37.0 Å². The summed E-state index contributed by atoms with van der Waals surface area (Å²) in [4.78, 5) is 11.4. The first-order chi connectivity index (χ1) is 8.54. The molecule has 2 nitrogen and oxygen atoms in total. The molecule has 2 aliphatic rings. The van der Waals surface area contributed by atoms with Crippen molar-refractivity contribution in [1.29, 1.82) is 0 Å². The normalized spacial score (nSPS) is 35.0. The van der Waals surface area contributed by atoms with Crippen molar-refractivity contribution in [1.82, 2.24) is 0 Å². The van der Waals surface area contributed by atoms with Crippen LogP contribution in [-0.2, 0) is 9.53 Å². The lowest BCUT2D eigenvalue weighted by molar-refractivity contribution is -0.138. The van der Waals surface area contributed by atoms with Crippen LogP contribution in [-0.4, -0.2) is 37.3 Å². The lowest BCUT2D eigenvalue weighted by Gasteiger charge is -2.20. The lowest BCUT2D eigenvalue weighted by Crippen LogP contribution is -2.16. The van der Waals surface area contributed by atoms with Gasteiger partial charge in [0.1, 0.15) is 6.61 Å². The molecule has 2 heterocycles. The van der Waals surface area contributed by atoms with E-state index in [1.54, 1.807) is 6.92 Å². The summed E-state index contributed by atoms with van der Waals surface area (Å²) < 4.78 is 5.52. The zero-order valence-corrected chi connectivity index (χ0v) is 13.9. The number of ether oxygens (including phenoxy) is 1. The third-order valence-electron chi connectivity index (χ3n) is 2.72. The summed E-state index contributed by atoms with van der Waals surface area (Å²) in [5.74, 6) is 2.06. The number of thioether (sulfide) groups is 4. The van der Waals surface area contributed by atoms with E-state index in [1.165, 1.54) is 12.2 Å². The van der Waals surface area contributed by atoms with Crippen LogP contribution in [0.5, 0.6) is 0 Å². The van der Waals surface area contributed by atoms with E-state index >= 15 is 0 Å². The molecule has 2 rings (SSSR count). The van der Waals surface area contributed by atoms with Crippen LogP contribution in [0.3, 0.4) is 0 Å². The Balaban J connectivity index is 1.79. The predicted octanol–water partition coefficient (Wildman–Crippen LogP) is 3.82. The van der Waals surface area contributed by atoms with Crippen molar-refractivity contribution < 1.29 is 9.53 Å². The molecular weight excluding hydrogens is 304 g/mol. The first-order valence-electron chi connectivity index (χ1n) is 6.01. The zero-order chi connectivity index (χ0) is 13.2. The average molecular weight is 323 g/mol. The molecule has 0 amide bonds. The van der Waals surface area contributed by atoms with E-state index in [9.17, 15) is 4.79 Å². The quantitative estimate of drug-likeness (QED) is 0.577. The number of carbonyl (C=O) groups excluding carboxylic acids is 1. The van der Waals surface area contributed by atoms with Gasteiger partial charge in [-0.25, -0.2) is 4.79 Å². The zero-order valence-electron chi connectivity index (χ0n) is 10.6. The fraction of sp³-hybridized carbons (Fsp3) is 0.750. The van der Waals surface area contributed by atoms with E-state index in [-0.39, 0.29) is 8.71 Å². The van der Waals surface area contributed by atoms with Gasteiger partial charge >= 0.3 is 5.97 Å². The lowest BCUT2D eigenvalue weighted by atomic mass is 10.4. The van der Waals surface area contributed by atoms with Crippen LogP contribution in [0.2, 0.25) is 0 Å². The molecule has 3 unspecified atom stereocenters. The van der Waals surface area contributed by atoms with E-state index in [1.807, 2.05) is 23.5 Å². The van der Waals surface area contributed by atoms with E-state index in [4.69, 9.17) is 4.74 Å². The topological polar surface area (TPSA) is 26.3 Å². The van der Waals surface area contributed by atoms with Crippen LogP contribution in [0, 0.1) is 0 Å². The number of carbonyl (C=O) groups is 1. The first kappa shape index (κ1) is 15.0. The molecular formula is C12H18O2S4. The van der Waals surface area contributed by atoms with Gasteiger partial charge in [0, 0.05) is 22.3 Å². The van der Waals surface area contributed by atoms with E-state index < -0.39 is 0 Å². The van der Waals surface area contributed by atoms with Crippen molar-refractivity contribution in [2.75, 3.05) is 18.1 Å². The van der Waals surface area contributed by atoms with Crippen molar-refractivity contribution in [3.8, 4) is 0 Å². The summed E-state index contributed by atoms with van der Waals surface area (Å²) in [6, 6.07) is 0. The number of esters is 1. The summed E-state index contributed by atoms with van der Waals surface area (Å²) in [7, 11) is 0. The highest BCUT2D eigenvalue weighted by Crippen LogP contribution is 2.67. The minimum Gasteiger partial charge on any atom is -0.461 e. The van der Waals surface area contributed by atoms with Crippen molar-refractivity contribution in [2.45, 2.75) is 33.5 Å². The summed E-state index contributed by atoms with van der Waals surface area (Å²) in [6.07, 6.45) is 1.25. The average Bonchev–Trinajstić information content (AvgIpc) is 2.94. The monoisotopic (exact) mass is 322 g/mol. The van der Waals surface area contributed by atoms with Gasteiger partial charge in [0.05, 0.1) is 5.25 Å². The molecule has 0 saturated carbocycles. The molecule has 102 valence electrons. The Morgan fingerprint density at radius 3 is 2.50 bits per heavy atom. The minimum atomic E-state index is -0.264. The summed E-state index contributed by atoms with van der Waals surface area (Å²) in [5.41, 5.74) is 0.482. The van der Waals surface area contributed by atoms with Crippen LogP contribution in [0.25, 0.3) is 0 Å². The van der Waals surface area contributed by atoms with Gasteiger partial charge in [-0.2, -0.15) is 0 Å². The van der Waals surface area contributed by atoms with Crippen LogP contribution >= 0.6 is 47.0 Å². The maximum Gasteiger partial charge on any atom is 0.333 e. The molecule has 2 fully saturated rings. The molecule has 0 radical (unpaired) electrons. The van der Waals surface area contributed by atoms with E-state index in [0.717, 1.165) is 11.0 Å². The second-order valence-electron chi connectivity index (χ2n) is 4.39. The number of hydrogen-bond acceptors (Lipinski definition) is 6. The van der Waals surface area contributed by atoms with Gasteiger partial charge in [-0.05, 0) is 13.3 Å². The highest BCUT2D eigenvalue weighted by molar-refractivity contribution is 8.50. The van der Waals surface area contributed by atoms with Crippen LogP contribution in [0.15, 0.2) is 12.2 Å². The summed E-state index contributed by atoms with van der Waals surface area (Å²) >= 11 is 8.15. The maximum atomic E-state index is 11.4. The fourth-order valence-electron chi connectivity index (χ4n) is 1.65. The third-order valence-corrected chi connectivity index (χ3v) is 10.9. The van der Waals surface area contributed by atoms with E-state index in [0.29, 0.717) is 17.4 Å². The molecule has 3 atom stereocenters. The Morgan fingerprint density at radius 2 is 1.94 bits per heavy atom. The van der Waals surface area contributed by atoms with Crippen molar-refractivity contribution in [3.05, 3.63) is 12.2 Å². The molecule has 0 bridgehead atoms. The Hall–Kier alpha value is 0.610. The number of rotatable bonds is 4. The smallest absolute Gasteiger partial charge is 0.333 e. The summed E-state index contributed by atoms with van der Waals surface area (Å²) in [6.45, 7) is 8.06. The first-order valence-corrected chi connectivity index (χ1v) is 9.74. The van der Waals surface area contributed by atoms with Crippen LogP contribution < -0.4 is 0 Å². The standard InChI is InChI=1S/C12H18O2S4/c1-4-9-6-15-12(17-9)16-7-10(18-12)5-14-11(13)8(2)3/h9-10H,2,4-7H2,1,3H3. The van der Waals surface area contributed by atoms with Gasteiger partial charge in [-0.15, -0.1) is 47.0 Å². The number of hydrogen-bond donors (Lipinski definition) is 0. The molecule has 0 aliphatic carbocycles. The Kier molecular flexibility index (Phi) is 5.31. The molecule has 2 aliphatic heterocycles. The summed E-state index contributed by atoms with van der Waals surface area (Å²) in [5, 5.41) is 1.21. The Bertz CT molecular complexity index is 347. The maximum absolute atomic E-state index is 11.4. The van der Waals surface area contributed by atoms with Gasteiger partial charge in [-0.1, -0.05) is 13.5 Å². The Labute approximate surface area is 126 Å². The highest BCUT2D eigenvalue weighted by atomic mass is 32.3. The van der Waals surface area contributed by atoms with Gasteiger partial charge in [-0.3, -0.25) is 0 Å². The van der Waals surface area contributed by atoms with Crippen LogP contribution in [0.4, 0.5) is 0 Å². The molecule has 18 heavy (non-hydrogen) atoms. The van der Waals surface area contributed by atoms with Gasteiger partial charge in [0.2, 0.25) is 0 Å². The molecule has 1 spiro atoms. The Morgan fingerprint density at radius 1 is 1.33 bits per heavy atom. The van der Waals surface area contributed by atoms with Gasteiger partial charge in [0.25, 0.3) is 0 Å². The predicted molar refractivity (Wildman–Crippen MR) is 86.5 cm³/mol. The second kappa shape index (κ2) is 6.37. The molecule has 0 aromatic rings. The van der Waals surface area contributed by atoms with Crippen molar-refractivity contribution >= 4 is 53.0 Å².